The molecule has 26 heavy (non-hydrogen) atoms. The molecule has 2 aliphatic heterocycles. The van der Waals surface area contributed by atoms with Gasteiger partial charge in [-0.1, -0.05) is 13.8 Å². The van der Waals surface area contributed by atoms with Gasteiger partial charge in [0.15, 0.2) is 0 Å². The van der Waals surface area contributed by atoms with Gasteiger partial charge in [0.25, 0.3) is 11.7 Å². The molecule has 0 radical (unpaired) electrons. The second kappa shape index (κ2) is 6.59. The van der Waals surface area contributed by atoms with Crippen molar-refractivity contribution in [3.63, 3.8) is 0 Å². The van der Waals surface area contributed by atoms with Gasteiger partial charge >= 0.3 is 0 Å². The summed E-state index contributed by atoms with van der Waals surface area (Å²) in [6.07, 6.45) is 4.00. The molecule has 1 spiro atoms. The van der Waals surface area contributed by atoms with Crippen LogP contribution in [0.15, 0.2) is 12.4 Å². The van der Waals surface area contributed by atoms with E-state index in [1.54, 1.807) is 9.42 Å². The van der Waals surface area contributed by atoms with Crippen LogP contribution >= 0.6 is 0 Å². The van der Waals surface area contributed by atoms with Gasteiger partial charge in [0, 0.05) is 19.7 Å². The summed E-state index contributed by atoms with van der Waals surface area (Å²) < 4.78 is 7.60. The highest BCUT2D eigenvalue weighted by molar-refractivity contribution is 5.93. The van der Waals surface area contributed by atoms with Crippen molar-refractivity contribution in [2.45, 2.75) is 57.2 Å². The fraction of sp³-hybridized carbons (Fsp3) is 0.667. The van der Waals surface area contributed by atoms with Crippen molar-refractivity contribution in [1.82, 2.24) is 24.5 Å². The molecule has 2 aromatic heterocycles. The van der Waals surface area contributed by atoms with E-state index in [0.717, 1.165) is 18.5 Å². The van der Waals surface area contributed by atoms with Crippen LogP contribution in [-0.2, 0) is 4.74 Å². The summed E-state index contributed by atoms with van der Waals surface area (Å²) in [5, 5.41) is 14.6. The summed E-state index contributed by atoms with van der Waals surface area (Å²) in [4.78, 5) is 23.3. The van der Waals surface area contributed by atoms with Crippen LogP contribution in [0.25, 0.3) is 5.78 Å². The molecule has 8 nitrogen and oxygen atoms in total. The fourth-order valence-corrected chi connectivity index (χ4v) is 4.00. The number of nitrogens with zero attached hydrogens (tertiary/aromatic N) is 5. The van der Waals surface area contributed by atoms with Crippen molar-refractivity contribution < 1.29 is 14.6 Å². The van der Waals surface area contributed by atoms with Gasteiger partial charge in [0.1, 0.15) is 12.0 Å². The Labute approximate surface area is 152 Å². The van der Waals surface area contributed by atoms with Gasteiger partial charge in [-0.25, -0.2) is 9.50 Å². The molecule has 1 amide bonds. The minimum Gasteiger partial charge on any atom is -0.390 e. The Morgan fingerprint density at radius 3 is 2.85 bits per heavy atom. The van der Waals surface area contributed by atoms with E-state index in [2.05, 4.69) is 28.9 Å². The number of aliphatic hydroxyl groups excluding tert-OH is 1. The zero-order valence-corrected chi connectivity index (χ0v) is 15.3. The number of aromatic nitrogens is 4. The molecule has 2 aromatic rings. The number of ether oxygens (including phenoxy) is 1. The van der Waals surface area contributed by atoms with Crippen molar-refractivity contribution in [3.05, 3.63) is 23.8 Å². The summed E-state index contributed by atoms with van der Waals surface area (Å²) in [6, 6.07) is 1.81. The normalized spacial score (nSPS) is 23.1. The Hall–Kier alpha value is -2.06. The van der Waals surface area contributed by atoms with Crippen molar-refractivity contribution in [2.75, 3.05) is 19.7 Å². The highest BCUT2D eigenvalue weighted by atomic mass is 16.5. The van der Waals surface area contributed by atoms with E-state index in [1.807, 2.05) is 6.07 Å². The number of carbonyl (C=O) groups is 1. The molecule has 0 saturated carbocycles. The highest BCUT2D eigenvalue weighted by Crippen LogP contribution is 2.35. The molecule has 1 atom stereocenters. The second-order valence-corrected chi connectivity index (χ2v) is 7.56. The summed E-state index contributed by atoms with van der Waals surface area (Å²) in [5.74, 6) is 0.542. The molecule has 4 rings (SSSR count). The van der Waals surface area contributed by atoms with Gasteiger partial charge in [-0.3, -0.25) is 4.79 Å². The average molecular weight is 359 g/mol. The largest absolute Gasteiger partial charge is 0.390 e. The fourth-order valence-electron chi connectivity index (χ4n) is 4.00. The lowest BCUT2D eigenvalue weighted by Crippen LogP contribution is -2.56. The van der Waals surface area contributed by atoms with Gasteiger partial charge in [-0.05, 0) is 37.7 Å². The van der Waals surface area contributed by atoms with Crippen molar-refractivity contribution >= 4 is 11.7 Å². The lowest BCUT2D eigenvalue weighted by atomic mass is 9.82. The number of piperidine rings is 1. The lowest BCUT2D eigenvalue weighted by Gasteiger charge is -2.46. The maximum Gasteiger partial charge on any atom is 0.272 e. The van der Waals surface area contributed by atoms with E-state index in [4.69, 9.17) is 4.74 Å². The van der Waals surface area contributed by atoms with Crippen LogP contribution < -0.4 is 0 Å². The third-order valence-corrected chi connectivity index (χ3v) is 5.61. The van der Waals surface area contributed by atoms with Gasteiger partial charge < -0.3 is 14.7 Å². The third kappa shape index (κ3) is 2.87. The zero-order valence-electron chi connectivity index (χ0n) is 15.3. The van der Waals surface area contributed by atoms with Gasteiger partial charge in [0.2, 0.25) is 0 Å². The first-order chi connectivity index (χ1) is 12.5. The number of hydrogen-bond acceptors (Lipinski definition) is 6. The number of carbonyl (C=O) groups excluding carboxylic acids is 1. The molecular weight excluding hydrogens is 334 g/mol. The lowest BCUT2D eigenvalue weighted by molar-refractivity contribution is -0.174. The summed E-state index contributed by atoms with van der Waals surface area (Å²) in [5.41, 5.74) is 0.827. The molecule has 2 fully saturated rings. The predicted molar refractivity (Wildman–Crippen MR) is 93.9 cm³/mol. The van der Waals surface area contributed by atoms with Crippen molar-refractivity contribution in [2.24, 2.45) is 0 Å². The number of hydrogen-bond donors (Lipinski definition) is 1. The topological polar surface area (TPSA) is 92.9 Å². The average Bonchev–Trinajstić information content (AvgIpc) is 3.12. The number of amides is 1. The van der Waals surface area contributed by atoms with E-state index in [9.17, 15) is 9.90 Å². The van der Waals surface area contributed by atoms with Gasteiger partial charge in [-0.2, -0.15) is 10.1 Å². The van der Waals surface area contributed by atoms with Gasteiger partial charge in [0.05, 0.1) is 17.4 Å². The van der Waals surface area contributed by atoms with E-state index in [0.29, 0.717) is 44.0 Å². The Kier molecular flexibility index (Phi) is 4.40. The van der Waals surface area contributed by atoms with Crippen LogP contribution in [0.1, 0.15) is 61.6 Å². The minimum absolute atomic E-state index is 0.0995. The zero-order chi connectivity index (χ0) is 18.3. The molecule has 4 heterocycles. The smallest absolute Gasteiger partial charge is 0.272 e. The molecule has 2 aliphatic rings. The van der Waals surface area contributed by atoms with Crippen LogP contribution in [-0.4, -0.2) is 66.9 Å². The third-order valence-electron chi connectivity index (χ3n) is 5.61. The molecule has 2 saturated heterocycles. The highest BCUT2D eigenvalue weighted by Gasteiger charge is 2.44. The number of rotatable bonds is 2. The van der Waals surface area contributed by atoms with Crippen LogP contribution in [0.3, 0.4) is 0 Å². The Bertz CT molecular complexity index is 810. The first-order valence-electron chi connectivity index (χ1n) is 9.32. The second-order valence-electron chi connectivity index (χ2n) is 7.56. The minimum atomic E-state index is -0.484. The van der Waals surface area contributed by atoms with E-state index >= 15 is 0 Å². The molecule has 0 unspecified atom stereocenters. The molecule has 0 bridgehead atoms. The quantitative estimate of drug-likeness (QED) is 0.871. The molecule has 1 N–H and O–H groups in total. The first kappa shape index (κ1) is 17.4. The first-order valence-corrected chi connectivity index (χ1v) is 9.32. The molecule has 8 heteroatoms. The Morgan fingerprint density at radius 1 is 1.38 bits per heavy atom. The van der Waals surface area contributed by atoms with Crippen LogP contribution in [0.2, 0.25) is 0 Å². The molecular formula is C18H25N5O3. The summed E-state index contributed by atoms with van der Waals surface area (Å²) in [6.45, 7) is 5.92. The maximum absolute atomic E-state index is 13.0. The Morgan fingerprint density at radius 2 is 2.15 bits per heavy atom. The molecule has 0 aliphatic carbocycles. The standard InChI is InChI=1S/C18H25N5O3/c1-12(2)14-10-13(21-17-19-11-20-23(14)17)16(25)22-7-5-18(6-8-22)15(24)4-3-9-26-18/h10-12,15,24H,3-9H2,1-2H3/t15-/m0/s1. The van der Waals surface area contributed by atoms with Crippen molar-refractivity contribution in [1.29, 1.82) is 0 Å². The number of likely N-dealkylation sites (tertiary alicyclic amines) is 1. The summed E-state index contributed by atoms with van der Waals surface area (Å²) >= 11 is 0. The van der Waals surface area contributed by atoms with E-state index in [1.165, 1.54) is 6.33 Å². The van der Waals surface area contributed by atoms with Gasteiger partial charge in [-0.15, -0.1) is 0 Å². The van der Waals surface area contributed by atoms with Crippen molar-refractivity contribution in [3.8, 4) is 0 Å². The van der Waals surface area contributed by atoms with Crippen LogP contribution in [0.4, 0.5) is 0 Å². The Balaban J connectivity index is 1.54. The number of aliphatic hydroxyl groups is 1. The van der Waals surface area contributed by atoms with Crippen LogP contribution in [0.5, 0.6) is 0 Å². The maximum atomic E-state index is 13.0. The monoisotopic (exact) mass is 359 g/mol. The molecule has 140 valence electrons. The summed E-state index contributed by atoms with van der Waals surface area (Å²) in [7, 11) is 0. The van der Waals surface area contributed by atoms with Crippen LogP contribution in [0, 0.1) is 0 Å². The van der Waals surface area contributed by atoms with E-state index < -0.39 is 11.7 Å². The number of fused-ring (bicyclic) bond motifs is 1. The predicted octanol–water partition coefficient (Wildman–Crippen LogP) is 1.39. The van der Waals surface area contributed by atoms with E-state index in [-0.39, 0.29) is 11.8 Å². The molecule has 0 aromatic carbocycles. The SMILES string of the molecule is CC(C)c1cc(C(=O)N2CCC3(CC2)OCCC[C@@H]3O)nc2ncnn12.